The first-order chi connectivity index (χ1) is 7.65. The van der Waals surface area contributed by atoms with Crippen molar-refractivity contribution in [2.75, 3.05) is 6.54 Å². The van der Waals surface area contributed by atoms with Gasteiger partial charge in [-0.25, -0.2) is 0 Å². The Labute approximate surface area is 96.9 Å². The minimum Gasteiger partial charge on any atom is -0.344 e. The van der Waals surface area contributed by atoms with Crippen LogP contribution in [0.5, 0.6) is 0 Å². The Balaban J connectivity index is 3.88. The van der Waals surface area contributed by atoms with Crippen LogP contribution in [-0.2, 0) is 9.59 Å². The van der Waals surface area contributed by atoms with Gasteiger partial charge in [0.15, 0.2) is 0 Å². The maximum Gasteiger partial charge on any atom is 0.237 e. The number of carbonyl (C=O) groups is 1. The van der Waals surface area contributed by atoms with Crippen LogP contribution in [0.25, 0.3) is 0 Å². The molecule has 1 amide bonds. The van der Waals surface area contributed by atoms with Gasteiger partial charge in [-0.3, -0.25) is 9.59 Å². The zero-order chi connectivity index (χ0) is 12.4. The largest absolute Gasteiger partial charge is 0.344 e. The van der Waals surface area contributed by atoms with Crippen molar-refractivity contribution >= 4 is 12.2 Å². The van der Waals surface area contributed by atoms with Gasteiger partial charge in [0.1, 0.15) is 0 Å². The van der Waals surface area contributed by atoms with Gasteiger partial charge in [0.05, 0.1) is 12.1 Å². The molecule has 16 heavy (non-hydrogen) atoms. The smallest absolute Gasteiger partial charge is 0.237 e. The van der Waals surface area contributed by atoms with Crippen molar-refractivity contribution in [2.24, 2.45) is 11.5 Å². The summed E-state index contributed by atoms with van der Waals surface area (Å²) in [6.45, 7) is 2.55. The number of nitrogens with two attached hydrogens (primary N) is 2. The molecule has 5 N–H and O–H groups in total. The maximum atomic E-state index is 11.5. The summed E-state index contributed by atoms with van der Waals surface area (Å²) in [6.07, 6.45) is 5.51. The highest BCUT2D eigenvalue weighted by Gasteiger charge is 2.17. The molecule has 0 saturated heterocycles. The van der Waals surface area contributed by atoms with Gasteiger partial charge >= 0.3 is 0 Å². The van der Waals surface area contributed by atoms with Gasteiger partial charge in [-0.1, -0.05) is 19.8 Å². The van der Waals surface area contributed by atoms with Crippen molar-refractivity contribution in [3.8, 4) is 0 Å². The Hall–Kier alpha value is -0.940. The summed E-state index contributed by atoms with van der Waals surface area (Å²) in [5.74, 6) is -0.279. The monoisotopic (exact) mass is 228 g/mol. The summed E-state index contributed by atoms with van der Waals surface area (Å²) in [4.78, 5) is 22.1. The highest BCUT2D eigenvalue weighted by atomic mass is 16.2. The molecule has 0 saturated carbocycles. The third-order valence-corrected chi connectivity index (χ3v) is 2.34. The summed E-state index contributed by atoms with van der Waals surface area (Å²) in [5.41, 5.74) is 11.0. The molecule has 0 aromatic rings. The number of unbranched alkanes of at least 4 members (excludes halogenated alkanes) is 1. The fraction of sp³-hybridized carbons (Fsp3) is 0.818. The summed E-state index contributed by atoms with van der Waals surface area (Å²) in [7, 11) is 0. The van der Waals surface area contributed by atoms with E-state index in [0.717, 1.165) is 19.3 Å². The van der Waals surface area contributed by atoms with Crippen LogP contribution in [0.15, 0.2) is 0 Å². The van der Waals surface area contributed by atoms with E-state index in [1.54, 1.807) is 6.29 Å². The highest BCUT2D eigenvalue weighted by Crippen LogP contribution is 2.00. The van der Waals surface area contributed by atoms with Gasteiger partial charge in [-0.05, 0) is 25.8 Å². The van der Waals surface area contributed by atoms with Gasteiger partial charge in [-0.2, -0.15) is 0 Å². The normalized spacial score (nSPS) is 14.2. The summed E-state index contributed by atoms with van der Waals surface area (Å²) in [6, 6.07) is -1.09. The quantitative estimate of drug-likeness (QED) is 0.477. The van der Waals surface area contributed by atoms with Crippen molar-refractivity contribution in [1.82, 2.24) is 5.32 Å². The van der Waals surface area contributed by atoms with E-state index in [1.807, 2.05) is 6.92 Å². The third kappa shape index (κ3) is 6.53. The predicted molar refractivity (Wildman–Crippen MR) is 63.4 cm³/mol. The molecular weight excluding hydrogens is 206 g/mol. The fourth-order valence-corrected chi connectivity index (χ4v) is 1.37. The van der Waals surface area contributed by atoms with E-state index in [9.17, 15) is 9.59 Å². The lowest BCUT2D eigenvalue weighted by Crippen LogP contribution is -2.46. The standard InChI is InChI=1S/C11H22N3O2/c1-2-5-9(8-15)14-11(16)10(13)6-3-4-7-12/h9-10H,2-7,12-13H2,1H3,(H,14,16)/t9-,10-/m0/s1. The van der Waals surface area contributed by atoms with Gasteiger partial charge in [0.25, 0.3) is 0 Å². The van der Waals surface area contributed by atoms with Gasteiger partial charge in [-0.15, -0.1) is 0 Å². The average molecular weight is 228 g/mol. The van der Waals surface area contributed by atoms with E-state index in [4.69, 9.17) is 11.5 Å². The SMILES string of the molecule is CCC[C@@H]([C]=O)NC(=O)[C@@H](N)CCCCN. The topological polar surface area (TPSA) is 98.2 Å². The van der Waals surface area contributed by atoms with Crippen molar-refractivity contribution in [2.45, 2.75) is 51.1 Å². The first-order valence-electron chi connectivity index (χ1n) is 5.79. The summed E-state index contributed by atoms with van der Waals surface area (Å²) >= 11 is 0. The van der Waals surface area contributed by atoms with E-state index in [2.05, 4.69) is 5.32 Å². The zero-order valence-electron chi connectivity index (χ0n) is 9.87. The van der Waals surface area contributed by atoms with Gasteiger partial charge in [0, 0.05) is 0 Å². The number of amides is 1. The molecule has 93 valence electrons. The second-order valence-electron chi connectivity index (χ2n) is 3.86. The van der Waals surface area contributed by atoms with Crippen LogP contribution in [0.1, 0.15) is 39.0 Å². The fourth-order valence-electron chi connectivity index (χ4n) is 1.37. The van der Waals surface area contributed by atoms with Crippen molar-refractivity contribution < 1.29 is 9.59 Å². The van der Waals surface area contributed by atoms with E-state index >= 15 is 0 Å². The molecule has 1 radical (unpaired) electrons. The molecule has 5 nitrogen and oxygen atoms in total. The minimum atomic E-state index is -0.556. The minimum absolute atomic E-state index is 0.279. The first-order valence-corrected chi connectivity index (χ1v) is 5.79. The lowest BCUT2D eigenvalue weighted by Gasteiger charge is -2.15. The van der Waals surface area contributed by atoms with Crippen LogP contribution in [0.4, 0.5) is 0 Å². The lowest BCUT2D eigenvalue weighted by atomic mass is 10.1. The van der Waals surface area contributed by atoms with Crippen LogP contribution >= 0.6 is 0 Å². The molecule has 0 aliphatic rings. The molecule has 0 fully saturated rings. The van der Waals surface area contributed by atoms with Crippen molar-refractivity contribution in [3.63, 3.8) is 0 Å². The summed E-state index contributed by atoms with van der Waals surface area (Å²) < 4.78 is 0. The molecule has 2 atom stereocenters. The van der Waals surface area contributed by atoms with E-state index in [1.165, 1.54) is 0 Å². The molecule has 0 aromatic heterocycles. The number of carbonyl (C=O) groups excluding carboxylic acids is 2. The molecule has 0 aliphatic heterocycles. The average Bonchev–Trinajstić information content (AvgIpc) is 2.28. The maximum absolute atomic E-state index is 11.5. The Morgan fingerprint density at radius 2 is 2.06 bits per heavy atom. The Kier molecular flexibility index (Phi) is 8.75. The Bertz CT molecular complexity index is 209. The number of nitrogens with one attached hydrogen (secondary N) is 1. The molecule has 0 rings (SSSR count). The third-order valence-electron chi connectivity index (χ3n) is 2.34. The number of rotatable bonds is 9. The second kappa shape index (κ2) is 9.30. The predicted octanol–water partition coefficient (Wildman–Crippen LogP) is -0.163. The van der Waals surface area contributed by atoms with Crippen molar-refractivity contribution in [1.29, 1.82) is 0 Å². The number of hydrogen-bond donors (Lipinski definition) is 3. The molecule has 0 aliphatic carbocycles. The molecule has 0 bridgehead atoms. The number of hydrogen-bond acceptors (Lipinski definition) is 4. The molecule has 0 heterocycles. The van der Waals surface area contributed by atoms with E-state index < -0.39 is 12.1 Å². The van der Waals surface area contributed by atoms with E-state index in [-0.39, 0.29) is 5.91 Å². The highest BCUT2D eigenvalue weighted by molar-refractivity contribution is 5.84. The molecule has 0 aromatic carbocycles. The first kappa shape index (κ1) is 15.1. The van der Waals surface area contributed by atoms with Crippen molar-refractivity contribution in [3.05, 3.63) is 0 Å². The van der Waals surface area contributed by atoms with Gasteiger partial charge < -0.3 is 16.8 Å². The molecule has 5 heteroatoms. The van der Waals surface area contributed by atoms with Gasteiger partial charge in [0.2, 0.25) is 12.2 Å². The Morgan fingerprint density at radius 1 is 1.38 bits per heavy atom. The Morgan fingerprint density at radius 3 is 2.56 bits per heavy atom. The molecule has 0 unspecified atom stereocenters. The summed E-state index contributed by atoms with van der Waals surface area (Å²) in [5, 5.41) is 2.58. The second-order valence-corrected chi connectivity index (χ2v) is 3.86. The van der Waals surface area contributed by atoms with Crippen LogP contribution in [0.3, 0.4) is 0 Å². The van der Waals surface area contributed by atoms with Crippen LogP contribution in [0, 0.1) is 0 Å². The molecular formula is C11H22N3O2. The molecule has 0 spiro atoms. The van der Waals surface area contributed by atoms with Crippen LogP contribution < -0.4 is 16.8 Å². The van der Waals surface area contributed by atoms with Crippen LogP contribution in [-0.4, -0.2) is 30.8 Å². The van der Waals surface area contributed by atoms with Crippen LogP contribution in [0.2, 0.25) is 0 Å². The lowest BCUT2D eigenvalue weighted by molar-refractivity contribution is -0.122. The zero-order valence-corrected chi connectivity index (χ0v) is 9.87. The van der Waals surface area contributed by atoms with E-state index in [0.29, 0.717) is 19.4 Å².